The van der Waals surface area contributed by atoms with E-state index in [1.54, 1.807) is 0 Å². The summed E-state index contributed by atoms with van der Waals surface area (Å²) < 4.78 is 11.5. The lowest BCUT2D eigenvalue weighted by atomic mass is 9.88. The number of benzene rings is 2. The van der Waals surface area contributed by atoms with E-state index >= 15 is 0 Å². The molecule has 6 heteroatoms. The summed E-state index contributed by atoms with van der Waals surface area (Å²) in [5.41, 5.74) is 4.58. The number of aryl methyl sites for hydroxylation is 2. The highest BCUT2D eigenvalue weighted by Gasteiger charge is 2.32. The standard InChI is InChI=1S/C27H35N3O3/c1-21-18-25(5-4-24(21)19-28)30-10-7-27(31,8-11-30)9-14-33-26-6-3-23(17-22(26)2)20-29-12-15-32-16-13-29/h3-6,17-18,31H,7-16,20H2,1-2H3. The first kappa shape index (κ1) is 23.6. The normalized spacial score (nSPS) is 18.7. The fraction of sp³-hybridized carbons (Fsp3) is 0.519. The van der Waals surface area contributed by atoms with E-state index in [1.807, 2.05) is 19.1 Å². The minimum atomic E-state index is -0.692. The summed E-state index contributed by atoms with van der Waals surface area (Å²) in [6, 6.07) is 14.6. The molecule has 0 atom stereocenters. The Kier molecular flexibility index (Phi) is 7.54. The van der Waals surface area contributed by atoms with Crippen LogP contribution >= 0.6 is 0 Å². The van der Waals surface area contributed by atoms with Crippen LogP contribution in [-0.2, 0) is 11.3 Å². The number of anilines is 1. The second-order valence-corrected chi connectivity index (χ2v) is 9.41. The van der Waals surface area contributed by atoms with Crippen molar-refractivity contribution < 1.29 is 14.6 Å². The van der Waals surface area contributed by atoms with E-state index < -0.39 is 5.60 Å². The summed E-state index contributed by atoms with van der Waals surface area (Å²) in [7, 11) is 0. The number of piperidine rings is 1. The number of hydrogen-bond acceptors (Lipinski definition) is 6. The molecule has 1 N–H and O–H groups in total. The van der Waals surface area contributed by atoms with E-state index in [1.165, 1.54) is 5.56 Å². The van der Waals surface area contributed by atoms with E-state index in [0.29, 0.717) is 31.4 Å². The van der Waals surface area contributed by atoms with Crippen molar-refractivity contribution in [1.82, 2.24) is 4.90 Å². The molecule has 2 heterocycles. The first-order valence-electron chi connectivity index (χ1n) is 12.0. The number of morpholine rings is 1. The Morgan fingerprint density at radius 3 is 2.45 bits per heavy atom. The quantitative estimate of drug-likeness (QED) is 0.693. The molecule has 0 aliphatic carbocycles. The molecule has 0 amide bonds. The van der Waals surface area contributed by atoms with Gasteiger partial charge >= 0.3 is 0 Å². The molecule has 0 aromatic heterocycles. The number of hydrogen-bond donors (Lipinski definition) is 1. The van der Waals surface area contributed by atoms with E-state index in [9.17, 15) is 5.11 Å². The largest absolute Gasteiger partial charge is 0.493 e. The summed E-state index contributed by atoms with van der Waals surface area (Å²) in [4.78, 5) is 4.71. The first-order chi connectivity index (χ1) is 16.0. The Morgan fingerprint density at radius 1 is 1.03 bits per heavy atom. The maximum absolute atomic E-state index is 11.1. The average molecular weight is 450 g/mol. The monoisotopic (exact) mass is 449 g/mol. The van der Waals surface area contributed by atoms with Crippen LogP contribution in [0.3, 0.4) is 0 Å². The maximum atomic E-state index is 11.1. The lowest BCUT2D eigenvalue weighted by molar-refractivity contribution is -0.00274. The number of aliphatic hydroxyl groups is 1. The molecular formula is C27H35N3O3. The highest BCUT2D eigenvalue weighted by atomic mass is 16.5. The van der Waals surface area contributed by atoms with Crippen molar-refractivity contribution in [2.45, 2.75) is 45.3 Å². The molecule has 0 saturated carbocycles. The van der Waals surface area contributed by atoms with Gasteiger partial charge in [-0.1, -0.05) is 12.1 Å². The van der Waals surface area contributed by atoms with Gasteiger partial charge in [-0.3, -0.25) is 4.90 Å². The van der Waals surface area contributed by atoms with Crippen LogP contribution in [0.5, 0.6) is 5.75 Å². The zero-order valence-corrected chi connectivity index (χ0v) is 19.8. The molecule has 2 aromatic rings. The Balaban J connectivity index is 1.25. The van der Waals surface area contributed by atoms with Crippen molar-refractivity contribution in [3.63, 3.8) is 0 Å². The van der Waals surface area contributed by atoms with Crippen molar-refractivity contribution >= 4 is 5.69 Å². The van der Waals surface area contributed by atoms with Crippen molar-refractivity contribution in [3.05, 3.63) is 58.7 Å². The van der Waals surface area contributed by atoms with Crippen LogP contribution in [0, 0.1) is 25.2 Å². The Bertz CT molecular complexity index is 987. The fourth-order valence-corrected chi connectivity index (χ4v) is 4.74. The molecule has 0 bridgehead atoms. The highest BCUT2D eigenvalue weighted by molar-refractivity contribution is 5.53. The van der Waals surface area contributed by atoms with Crippen LogP contribution < -0.4 is 9.64 Å². The molecule has 2 fully saturated rings. The lowest BCUT2D eigenvalue weighted by Gasteiger charge is -2.39. The van der Waals surface area contributed by atoms with Gasteiger partial charge in [-0.05, 0) is 67.6 Å². The van der Waals surface area contributed by atoms with Crippen molar-refractivity contribution in [2.75, 3.05) is 50.9 Å². The minimum Gasteiger partial charge on any atom is -0.493 e. The van der Waals surface area contributed by atoms with Gasteiger partial charge in [0, 0.05) is 44.8 Å². The summed E-state index contributed by atoms with van der Waals surface area (Å²) in [5.74, 6) is 0.898. The summed E-state index contributed by atoms with van der Waals surface area (Å²) in [6.07, 6.45) is 2.06. The Labute approximate surface area is 197 Å². The van der Waals surface area contributed by atoms with E-state index in [0.717, 1.165) is 68.5 Å². The SMILES string of the molecule is Cc1cc(N2CCC(O)(CCOc3ccc(CN4CCOCC4)cc3C)CC2)ccc1C#N. The van der Waals surface area contributed by atoms with Gasteiger partial charge in [0.25, 0.3) is 0 Å². The van der Waals surface area contributed by atoms with Crippen molar-refractivity contribution in [1.29, 1.82) is 5.26 Å². The summed E-state index contributed by atoms with van der Waals surface area (Å²) in [6.45, 7) is 10.7. The predicted octanol–water partition coefficient (Wildman–Crippen LogP) is 3.81. The smallest absolute Gasteiger partial charge is 0.122 e. The molecule has 2 aliphatic rings. The van der Waals surface area contributed by atoms with Crippen molar-refractivity contribution in [3.8, 4) is 11.8 Å². The molecule has 0 unspecified atom stereocenters. The van der Waals surface area contributed by atoms with Gasteiger partial charge in [0.05, 0.1) is 37.1 Å². The molecule has 0 radical (unpaired) electrons. The molecule has 33 heavy (non-hydrogen) atoms. The predicted molar refractivity (Wildman–Crippen MR) is 130 cm³/mol. The van der Waals surface area contributed by atoms with Crippen LogP contribution in [0.4, 0.5) is 5.69 Å². The summed E-state index contributed by atoms with van der Waals surface area (Å²) >= 11 is 0. The fourth-order valence-electron chi connectivity index (χ4n) is 4.74. The Morgan fingerprint density at radius 2 is 1.79 bits per heavy atom. The molecule has 4 rings (SSSR count). The number of nitrogens with zero attached hydrogens (tertiary/aromatic N) is 3. The van der Waals surface area contributed by atoms with E-state index in [-0.39, 0.29) is 0 Å². The zero-order valence-electron chi connectivity index (χ0n) is 19.8. The number of nitriles is 1. The second kappa shape index (κ2) is 10.6. The van der Waals surface area contributed by atoms with Gasteiger partial charge < -0.3 is 19.5 Å². The van der Waals surface area contributed by atoms with Gasteiger partial charge in [-0.2, -0.15) is 5.26 Å². The average Bonchev–Trinajstić information content (AvgIpc) is 2.81. The summed E-state index contributed by atoms with van der Waals surface area (Å²) in [5, 5.41) is 20.2. The van der Waals surface area contributed by atoms with Gasteiger partial charge in [0.1, 0.15) is 5.75 Å². The van der Waals surface area contributed by atoms with Gasteiger partial charge in [-0.25, -0.2) is 0 Å². The molecule has 6 nitrogen and oxygen atoms in total. The molecule has 2 aliphatic heterocycles. The maximum Gasteiger partial charge on any atom is 0.122 e. The Hall–Kier alpha value is -2.59. The molecule has 2 saturated heterocycles. The van der Waals surface area contributed by atoms with E-state index in [2.05, 4.69) is 47.1 Å². The van der Waals surface area contributed by atoms with Gasteiger partial charge in [0.15, 0.2) is 0 Å². The van der Waals surface area contributed by atoms with Crippen LogP contribution in [-0.4, -0.2) is 61.6 Å². The highest BCUT2D eigenvalue weighted by Crippen LogP contribution is 2.30. The van der Waals surface area contributed by atoms with Crippen LogP contribution in [0.25, 0.3) is 0 Å². The third-order valence-corrected chi connectivity index (χ3v) is 6.96. The van der Waals surface area contributed by atoms with E-state index in [4.69, 9.17) is 14.7 Å². The van der Waals surface area contributed by atoms with Gasteiger partial charge in [-0.15, -0.1) is 0 Å². The second-order valence-electron chi connectivity index (χ2n) is 9.41. The molecular weight excluding hydrogens is 414 g/mol. The number of rotatable bonds is 7. The molecule has 0 spiro atoms. The third-order valence-electron chi connectivity index (χ3n) is 6.96. The molecule has 2 aromatic carbocycles. The minimum absolute atomic E-state index is 0.510. The number of ether oxygens (including phenoxy) is 2. The van der Waals surface area contributed by atoms with Gasteiger partial charge in [0.2, 0.25) is 0 Å². The van der Waals surface area contributed by atoms with Crippen LogP contribution in [0.15, 0.2) is 36.4 Å². The zero-order chi connectivity index (χ0) is 23.3. The molecule has 176 valence electrons. The van der Waals surface area contributed by atoms with Crippen LogP contribution in [0.2, 0.25) is 0 Å². The first-order valence-corrected chi connectivity index (χ1v) is 12.0. The van der Waals surface area contributed by atoms with Crippen LogP contribution in [0.1, 0.15) is 41.5 Å². The topological polar surface area (TPSA) is 69.0 Å². The lowest BCUT2D eigenvalue weighted by Crippen LogP contribution is -2.45. The van der Waals surface area contributed by atoms with Crippen molar-refractivity contribution in [2.24, 2.45) is 0 Å². The third kappa shape index (κ3) is 6.05.